The van der Waals surface area contributed by atoms with Crippen molar-refractivity contribution in [1.29, 1.82) is 0 Å². The quantitative estimate of drug-likeness (QED) is 0.180. The maximum atomic E-state index is 2.44. The number of hydrogen-bond acceptors (Lipinski definition) is 1. The van der Waals surface area contributed by atoms with Crippen molar-refractivity contribution < 1.29 is 0 Å². The number of rotatable bonds is 2. The average Bonchev–Trinajstić information content (AvgIpc) is 3.66. The molecule has 1 heteroatoms. The molecule has 0 fully saturated rings. The highest BCUT2D eigenvalue weighted by molar-refractivity contribution is 6.07. The fourth-order valence-corrected chi connectivity index (χ4v) is 9.93. The van der Waals surface area contributed by atoms with Crippen LogP contribution in [-0.4, -0.2) is 0 Å². The topological polar surface area (TPSA) is 3.24 Å². The Labute approximate surface area is 299 Å². The molecule has 51 heavy (non-hydrogen) atoms. The van der Waals surface area contributed by atoms with Gasteiger partial charge in [-0.1, -0.05) is 166 Å². The van der Waals surface area contributed by atoms with Crippen molar-refractivity contribution in [1.82, 2.24) is 0 Å². The second-order valence-corrected chi connectivity index (χ2v) is 14.8. The standard InChI is InChI=1S/C50H35N/c1-49(2)41-21-9-11-24-45(41)51(46-25-12-10-22-42(46)49)34-29-26-33(27-30-34)36-18-13-23-43-47(36)37-16-5-7-19-39(37)50(43)40-20-8-6-17-38(40)48-35-15-4-3-14-32(35)28-31-44(48)50/h3-31H,1-2H3. The first-order valence-electron chi connectivity index (χ1n) is 18.0. The summed E-state index contributed by atoms with van der Waals surface area (Å²) in [5.74, 6) is 0. The number of fused-ring (bicyclic) bond motifs is 14. The van der Waals surface area contributed by atoms with E-state index in [1.54, 1.807) is 0 Å². The molecule has 0 radical (unpaired) electrons. The number of benzene rings is 8. The summed E-state index contributed by atoms with van der Waals surface area (Å²) in [4.78, 5) is 2.44. The summed E-state index contributed by atoms with van der Waals surface area (Å²) >= 11 is 0. The Morgan fingerprint density at radius 1 is 0.373 bits per heavy atom. The molecule has 0 N–H and O–H groups in total. The molecule has 1 unspecified atom stereocenters. The van der Waals surface area contributed by atoms with E-state index in [0.29, 0.717) is 0 Å². The Kier molecular flexibility index (Phi) is 5.72. The summed E-state index contributed by atoms with van der Waals surface area (Å²) in [6.07, 6.45) is 0. The summed E-state index contributed by atoms with van der Waals surface area (Å²) < 4.78 is 0. The van der Waals surface area contributed by atoms with Gasteiger partial charge in [0.2, 0.25) is 0 Å². The van der Waals surface area contributed by atoms with Gasteiger partial charge in [-0.3, -0.25) is 0 Å². The van der Waals surface area contributed by atoms with Gasteiger partial charge in [-0.05, 0) is 102 Å². The summed E-state index contributed by atoms with van der Waals surface area (Å²) in [5, 5.41) is 2.60. The minimum atomic E-state index is -0.383. The SMILES string of the molecule is CC1(C)c2ccccc2N(c2ccc(-c3cccc4c3-c3ccccc3C43c4ccccc4-c4c3ccc3ccccc43)cc2)c2ccccc21. The van der Waals surface area contributed by atoms with Gasteiger partial charge < -0.3 is 4.90 Å². The molecule has 0 saturated carbocycles. The number of anilines is 3. The van der Waals surface area contributed by atoms with Crippen LogP contribution in [0.15, 0.2) is 176 Å². The molecule has 1 atom stereocenters. The average molecular weight is 650 g/mol. The molecule has 2 aliphatic carbocycles. The van der Waals surface area contributed by atoms with E-state index in [2.05, 4.69) is 195 Å². The first-order chi connectivity index (χ1) is 25.1. The van der Waals surface area contributed by atoms with Crippen LogP contribution in [0.1, 0.15) is 47.2 Å². The molecule has 3 aliphatic rings. The molecular weight excluding hydrogens is 615 g/mol. The van der Waals surface area contributed by atoms with E-state index in [1.165, 1.54) is 94.6 Å². The molecule has 1 aliphatic heterocycles. The van der Waals surface area contributed by atoms with Crippen LogP contribution < -0.4 is 4.90 Å². The van der Waals surface area contributed by atoms with Crippen molar-refractivity contribution in [3.63, 3.8) is 0 Å². The van der Waals surface area contributed by atoms with E-state index in [4.69, 9.17) is 0 Å². The van der Waals surface area contributed by atoms with E-state index in [9.17, 15) is 0 Å². The van der Waals surface area contributed by atoms with Gasteiger partial charge in [0.1, 0.15) is 0 Å². The minimum Gasteiger partial charge on any atom is -0.310 e. The second-order valence-electron chi connectivity index (χ2n) is 14.8. The fraction of sp³-hybridized carbons (Fsp3) is 0.0800. The van der Waals surface area contributed by atoms with E-state index < -0.39 is 0 Å². The summed E-state index contributed by atoms with van der Waals surface area (Å²) in [6, 6.07) is 65.8. The lowest BCUT2D eigenvalue weighted by molar-refractivity contribution is 0.632. The van der Waals surface area contributed by atoms with E-state index >= 15 is 0 Å². The van der Waals surface area contributed by atoms with E-state index in [-0.39, 0.29) is 10.8 Å². The lowest BCUT2D eigenvalue weighted by Gasteiger charge is -2.42. The van der Waals surface area contributed by atoms with Gasteiger partial charge in [0.05, 0.1) is 16.8 Å². The van der Waals surface area contributed by atoms with Crippen molar-refractivity contribution in [3.05, 3.63) is 209 Å². The molecule has 11 rings (SSSR count). The van der Waals surface area contributed by atoms with E-state index in [1.807, 2.05) is 0 Å². The molecule has 0 bridgehead atoms. The molecule has 240 valence electrons. The summed E-state index contributed by atoms with van der Waals surface area (Å²) in [5.41, 5.74) is 19.3. The number of nitrogens with zero attached hydrogens (tertiary/aromatic N) is 1. The lowest BCUT2D eigenvalue weighted by atomic mass is 9.70. The molecular formula is C50H35N. The fourth-order valence-electron chi connectivity index (χ4n) is 9.93. The Morgan fingerprint density at radius 3 is 1.57 bits per heavy atom. The zero-order valence-corrected chi connectivity index (χ0v) is 28.7. The van der Waals surface area contributed by atoms with Crippen LogP contribution in [0.3, 0.4) is 0 Å². The number of para-hydroxylation sites is 2. The highest BCUT2D eigenvalue weighted by Gasteiger charge is 2.52. The lowest BCUT2D eigenvalue weighted by Crippen LogP contribution is -2.30. The monoisotopic (exact) mass is 649 g/mol. The van der Waals surface area contributed by atoms with Gasteiger partial charge in [0.15, 0.2) is 0 Å². The molecule has 8 aromatic carbocycles. The molecule has 0 saturated heterocycles. The van der Waals surface area contributed by atoms with Gasteiger partial charge >= 0.3 is 0 Å². The Morgan fingerprint density at radius 2 is 0.882 bits per heavy atom. The van der Waals surface area contributed by atoms with Gasteiger partial charge in [0.25, 0.3) is 0 Å². The first kappa shape index (κ1) is 28.6. The van der Waals surface area contributed by atoms with E-state index in [0.717, 1.165) is 0 Å². The highest BCUT2D eigenvalue weighted by atomic mass is 15.2. The largest absolute Gasteiger partial charge is 0.310 e. The van der Waals surface area contributed by atoms with Crippen molar-refractivity contribution in [3.8, 4) is 33.4 Å². The maximum Gasteiger partial charge on any atom is 0.0725 e. The smallest absolute Gasteiger partial charge is 0.0725 e. The zero-order chi connectivity index (χ0) is 33.9. The van der Waals surface area contributed by atoms with Gasteiger partial charge in [-0.2, -0.15) is 0 Å². The molecule has 8 aromatic rings. The summed E-state index contributed by atoms with van der Waals surface area (Å²) in [7, 11) is 0. The van der Waals surface area contributed by atoms with Gasteiger partial charge in [-0.25, -0.2) is 0 Å². The van der Waals surface area contributed by atoms with Crippen LogP contribution in [0.5, 0.6) is 0 Å². The summed E-state index contributed by atoms with van der Waals surface area (Å²) in [6.45, 7) is 4.69. The van der Waals surface area contributed by atoms with Crippen LogP contribution in [0.25, 0.3) is 44.2 Å². The maximum absolute atomic E-state index is 2.44. The molecule has 0 aromatic heterocycles. The van der Waals surface area contributed by atoms with Crippen LogP contribution in [0.4, 0.5) is 17.1 Å². The predicted octanol–water partition coefficient (Wildman–Crippen LogP) is 13.0. The highest BCUT2D eigenvalue weighted by Crippen LogP contribution is 2.65. The molecule has 1 spiro atoms. The third-order valence-electron chi connectivity index (χ3n) is 12.1. The second kappa shape index (κ2) is 10.2. The predicted molar refractivity (Wildman–Crippen MR) is 212 cm³/mol. The molecule has 1 nitrogen and oxygen atoms in total. The van der Waals surface area contributed by atoms with Crippen molar-refractivity contribution in [2.24, 2.45) is 0 Å². The van der Waals surface area contributed by atoms with Crippen molar-refractivity contribution >= 4 is 27.8 Å². The minimum absolute atomic E-state index is 0.0820. The van der Waals surface area contributed by atoms with Crippen LogP contribution in [0.2, 0.25) is 0 Å². The van der Waals surface area contributed by atoms with Gasteiger partial charge in [-0.15, -0.1) is 0 Å². The van der Waals surface area contributed by atoms with Crippen LogP contribution in [-0.2, 0) is 10.8 Å². The van der Waals surface area contributed by atoms with Crippen molar-refractivity contribution in [2.45, 2.75) is 24.7 Å². The van der Waals surface area contributed by atoms with Crippen LogP contribution >= 0.6 is 0 Å². The Balaban J connectivity index is 1.12. The Bertz CT molecular complexity index is 2680. The Hall–Kier alpha value is -6.18. The normalized spacial score (nSPS) is 17.0. The zero-order valence-electron chi connectivity index (χ0n) is 28.7. The molecule has 0 amide bonds. The van der Waals surface area contributed by atoms with Gasteiger partial charge in [0, 0.05) is 11.1 Å². The number of hydrogen-bond donors (Lipinski definition) is 0. The third-order valence-corrected chi connectivity index (χ3v) is 12.1. The first-order valence-corrected chi connectivity index (χ1v) is 18.0. The van der Waals surface area contributed by atoms with Crippen molar-refractivity contribution in [2.75, 3.05) is 4.90 Å². The van der Waals surface area contributed by atoms with Crippen LogP contribution in [0, 0.1) is 0 Å². The molecule has 1 heterocycles. The third kappa shape index (κ3) is 3.60.